The van der Waals surface area contributed by atoms with Crippen LogP contribution in [0.3, 0.4) is 0 Å². The first-order chi connectivity index (χ1) is 8.24. The molecular formula is C13H17ClN2O. The lowest BCUT2D eigenvalue weighted by molar-refractivity contribution is -0.115. The fraction of sp³-hybridized carbons (Fsp3) is 0.462. The van der Waals surface area contributed by atoms with Gasteiger partial charge >= 0.3 is 0 Å². The van der Waals surface area contributed by atoms with Gasteiger partial charge in [0.25, 0.3) is 0 Å². The molecule has 92 valence electrons. The average molecular weight is 253 g/mol. The molecule has 3 nitrogen and oxygen atoms in total. The van der Waals surface area contributed by atoms with Gasteiger partial charge in [0.05, 0.1) is 6.54 Å². The highest BCUT2D eigenvalue weighted by atomic mass is 35.5. The summed E-state index contributed by atoms with van der Waals surface area (Å²) >= 11 is 5.76. The summed E-state index contributed by atoms with van der Waals surface area (Å²) in [5, 5.41) is 6.63. The van der Waals surface area contributed by atoms with Gasteiger partial charge < -0.3 is 10.6 Å². The van der Waals surface area contributed by atoms with Gasteiger partial charge in [-0.25, -0.2) is 0 Å². The number of amides is 1. The summed E-state index contributed by atoms with van der Waals surface area (Å²) in [5.41, 5.74) is 0.781. The smallest absolute Gasteiger partial charge is 0.238 e. The molecule has 0 bridgehead atoms. The van der Waals surface area contributed by atoms with Crippen LogP contribution in [-0.2, 0) is 4.79 Å². The van der Waals surface area contributed by atoms with Crippen LogP contribution in [0.2, 0.25) is 5.02 Å². The molecule has 4 heteroatoms. The lowest BCUT2D eigenvalue weighted by Crippen LogP contribution is -2.28. The molecule has 2 rings (SSSR count). The minimum Gasteiger partial charge on any atom is -0.325 e. The SMILES string of the molecule is O=C(CNCCC1CC1)Nc1ccc(Cl)cc1. The third kappa shape index (κ3) is 4.75. The predicted molar refractivity (Wildman–Crippen MR) is 70.3 cm³/mol. The third-order valence-electron chi connectivity index (χ3n) is 2.84. The Morgan fingerprint density at radius 3 is 2.65 bits per heavy atom. The highest BCUT2D eigenvalue weighted by molar-refractivity contribution is 6.30. The van der Waals surface area contributed by atoms with Crippen LogP contribution >= 0.6 is 11.6 Å². The van der Waals surface area contributed by atoms with Crippen molar-refractivity contribution in [2.45, 2.75) is 19.3 Å². The van der Waals surface area contributed by atoms with Gasteiger partial charge in [-0.05, 0) is 43.1 Å². The molecule has 0 unspecified atom stereocenters. The van der Waals surface area contributed by atoms with Gasteiger partial charge in [0.2, 0.25) is 5.91 Å². The maximum absolute atomic E-state index is 11.6. The summed E-state index contributed by atoms with van der Waals surface area (Å²) in [6.45, 7) is 1.30. The topological polar surface area (TPSA) is 41.1 Å². The molecule has 0 atom stereocenters. The number of anilines is 1. The Morgan fingerprint density at radius 2 is 2.00 bits per heavy atom. The number of carbonyl (C=O) groups excluding carboxylic acids is 1. The van der Waals surface area contributed by atoms with Crippen molar-refractivity contribution in [1.82, 2.24) is 5.32 Å². The molecular weight excluding hydrogens is 236 g/mol. The maximum Gasteiger partial charge on any atom is 0.238 e. The second-order valence-corrected chi connectivity index (χ2v) is 4.90. The summed E-state index contributed by atoms with van der Waals surface area (Å²) in [5.74, 6) is 0.893. The van der Waals surface area contributed by atoms with E-state index in [2.05, 4.69) is 10.6 Å². The molecule has 1 aromatic carbocycles. The normalized spacial score (nSPS) is 14.6. The van der Waals surface area contributed by atoms with E-state index in [1.165, 1.54) is 19.3 Å². The van der Waals surface area contributed by atoms with Gasteiger partial charge in [0.1, 0.15) is 0 Å². The van der Waals surface area contributed by atoms with Crippen molar-refractivity contribution in [2.24, 2.45) is 5.92 Å². The number of halogens is 1. The Bertz CT molecular complexity index is 374. The van der Waals surface area contributed by atoms with Crippen molar-refractivity contribution in [2.75, 3.05) is 18.4 Å². The van der Waals surface area contributed by atoms with Gasteiger partial charge in [0, 0.05) is 10.7 Å². The zero-order chi connectivity index (χ0) is 12.1. The molecule has 0 spiro atoms. The predicted octanol–water partition coefficient (Wildman–Crippen LogP) is 2.67. The van der Waals surface area contributed by atoms with E-state index in [1.807, 2.05) is 0 Å². The number of carbonyl (C=O) groups is 1. The van der Waals surface area contributed by atoms with Crippen LogP contribution in [0, 0.1) is 5.92 Å². The molecule has 1 aliphatic rings. The van der Waals surface area contributed by atoms with Crippen molar-refractivity contribution >= 4 is 23.2 Å². The summed E-state index contributed by atoms with van der Waals surface area (Å²) in [6.07, 6.45) is 3.91. The van der Waals surface area contributed by atoms with Gasteiger partial charge in [-0.2, -0.15) is 0 Å². The van der Waals surface area contributed by atoms with Crippen LogP contribution < -0.4 is 10.6 Å². The van der Waals surface area contributed by atoms with Crippen molar-refractivity contribution in [3.05, 3.63) is 29.3 Å². The van der Waals surface area contributed by atoms with E-state index in [1.54, 1.807) is 24.3 Å². The lowest BCUT2D eigenvalue weighted by Gasteiger charge is -2.06. The van der Waals surface area contributed by atoms with Crippen LogP contribution in [0.15, 0.2) is 24.3 Å². The second kappa shape index (κ2) is 6.03. The zero-order valence-electron chi connectivity index (χ0n) is 9.71. The Kier molecular flexibility index (Phi) is 4.40. The minimum absolute atomic E-state index is 0.0110. The molecule has 0 aromatic heterocycles. The molecule has 1 fully saturated rings. The first-order valence-electron chi connectivity index (χ1n) is 6.00. The van der Waals surface area contributed by atoms with Gasteiger partial charge in [-0.3, -0.25) is 4.79 Å². The van der Waals surface area contributed by atoms with Crippen molar-refractivity contribution in [3.8, 4) is 0 Å². The number of benzene rings is 1. The molecule has 0 radical (unpaired) electrons. The first kappa shape index (κ1) is 12.4. The summed E-state index contributed by atoms with van der Waals surface area (Å²) in [6, 6.07) is 7.12. The molecule has 1 aliphatic carbocycles. The van der Waals surface area contributed by atoms with Crippen molar-refractivity contribution in [1.29, 1.82) is 0 Å². The molecule has 2 N–H and O–H groups in total. The number of hydrogen-bond acceptors (Lipinski definition) is 2. The summed E-state index contributed by atoms with van der Waals surface area (Å²) in [7, 11) is 0. The largest absolute Gasteiger partial charge is 0.325 e. The van der Waals surface area contributed by atoms with E-state index < -0.39 is 0 Å². The molecule has 0 heterocycles. The molecule has 17 heavy (non-hydrogen) atoms. The zero-order valence-corrected chi connectivity index (χ0v) is 10.5. The fourth-order valence-corrected chi connectivity index (χ4v) is 1.78. The minimum atomic E-state index is -0.0110. The monoisotopic (exact) mass is 252 g/mol. The van der Waals surface area contributed by atoms with E-state index in [-0.39, 0.29) is 5.91 Å². The van der Waals surface area contributed by atoms with E-state index in [9.17, 15) is 4.79 Å². The quantitative estimate of drug-likeness (QED) is 0.765. The number of hydrogen-bond donors (Lipinski definition) is 2. The van der Waals surface area contributed by atoms with Gasteiger partial charge in [0.15, 0.2) is 0 Å². The molecule has 1 amide bonds. The lowest BCUT2D eigenvalue weighted by atomic mass is 10.3. The van der Waals surface area contributed by atoms with Crippen molar-refractivity contribution in [3.63, 3.8) is 0 Å². The van der Waals surface area contributed by atoms with E-state index in [0.717, 1.165) is 18.2 Å². The molecule has 1 saturated carbocycles. The molecule has 0 saturated heterocycles. The highest BCUT2D eigenvalue weighted by Gasteiger charge is 2.20. The number of nitrogens with one attached hydrogen (secondary N) is 2. The van der Waals surface area contributed by atoms with Gasteiger partial charge in [-0.15, -0.1) is 0 Å². The first-order valence-corrected chi connectivity index (χ1v) is 6.38. The molecule has 1 aromatic rings. The Hall–Kier alpha value is -1.06. The van der Waals surface area contributed by atoms with Crippen LogP contribution in [0.1, 0.15) is 19.3 Å². The van der Waals surface area contributed by atoms with Crippen LogP contribution in [-0.4, -0.2) is 19.0 Å². The average Bonchev–Trinajstić information content (AvgIpc) is 3.12. The Morgan fingerprint density at radius 1 is 1.29 bits per heavy atom. The van der Waals surface area contributed by atoms with Gasteiger partial charge in [-0.1, -0.05) is 24.4 Å². The van der Waals surface area contributed by atoms with Crippen molar-refractivity contribution < 1.29 is 4.79 Å². The van der Waals surface area contributed by atoms with Crippen LogP contribution in [0.5, 0.6) is 0 Å². The Balaban J connectivity index is 1.63. The van der Waals surface area contributed by atoms with E-state index in [4.69, 9.17) is 11.6 Å². The van der Waals surface area contributed by atoms with E-state index >= 15 is 0 Å². The third-order valence-corrected chi connectivity index (χ3v) is 3.09. The standard InChI is InChI=1S/C13H17ClN2O/c14-11-3-5-12(6-4-11)16-13(17)9-15-8-7-10-1-2-10/h3-6,10,15H,1-2,7-9H2,(H,16,17). The highest BCUT2D eigenvalue weighted by Crippen LogP contribution is 2.31. The second-order valence-electron chi connectivity index (χ2n) is 4.46. The Labute approximate surface area is 107 Å². The summed E-state index contributed by atoms with van der Waals surface area (Å²) in [4.78, 5) is 11.6. The van der Waals surface area contributed by atoms with Crippen LogP contribution in [0.25, 0.3) is 0 Å². The fourth-order valence-electron chi connectivity index (χ4n) is 1.65. The number of rotatable bonds is 6. The summed E-state index contributed by atoms with van der Waals surface area (Å²) < 4.78 is 0. The van der Waals surface area contributed by atoms with Crippen LogP contribution in [0.4, 0.5) is 5.69 Å². The molecule has 0 aliphatic heterocycles. The van der Waals surface area contributed by atoms with E-state index in [0.29, 0.717) is 11.6 Å². The maximum atomic E-state index is 11.6.